The van der Waals surface area contributed by atoms with Crippen LogP contribution in [0.5, 0.6) is 0 Å². The Labute approximate surface area is 145 Å². The molecule has 3 rings (SSSR count). The highest BCUT2D eigenvalue weighted by Gasteiger charge is 2.21. The van der Waals surface area contributed by atoms with Gasteiger partial charge < -0.3 is 15.1 Å². The van der Waals surface area contributed by atoms with Gasteiger partial charge in [-0.1, -0.05) is 35.9 Å². The van der Waals surface area contributed by atoms with Crippen molar-refractivity contribution in [2.45, 2.75) is 6.54 Å². The van der Waals surface area contributed by atoms with E-state index in [1.807, 2.05) is 24.3 Å². The van der Waals surface area contributed by atoms with Crippen molar-refractivity contribution < 1.29 is 9.18 Å². The summed E-state index contributed by atoms with van der Waals surface area (Å²) in [7, 11) is 0. The largest absolute Gasteiger partial charge is 0.368 e. The molecular formula is C18H19ClFN3O. The van der Waals surface area contributed by atoms with Gasteiger partial charge in [0, 0.05) is 49.0 Å². The Bertz CT molecular complexity index is 717. The zero-order chi connectivity index (χ0) is 16.9. The summed E-state index contributed by atoms with van der Waals surface area (Å²) in [5.74, 6) is -0.302. The van der Waals surface area contributed by atoms with Crippen molar-refractivity contribution in [1.29, 1.82) is 0 Å². The lowest BCUT2D eigenvalue weighted by Gasteiger charge is -2.36. The highest BCUT2D eigenvalue weighted by Crippen LogP contribution is 2.20. The Balaban J connectivity index is 1.51. The Morgan fingerprint density at radius 3 is 2.54 bits per heavy atom. The van der Waals surface area contributed by atoms with Crippen LogP contribution in [0.2, 0.25) is 5.02 Å². The van der Waals surface area contributed by atoms with E-state index in [1.165, 1.54) is 6.07 Å². The van der Waals surface area contributed by atoms with Crippen LogP contribution in [0.15, 0.2) is 48.5 Å². The fourth-order valence-corrected chi connectivity index (χ4v) is 2.95. The van der Waals surface area contributed by atoms with E-state index in [-0.39, 0.29) is 18.4 Å². The van der Waals surface area contributed by atoms with Crippen LogP contribution >= 0.6 is 11.6 Å². The third-order valence-corrected chi connectivity index (χ3v) is 4.36. The van der Waals surface area contributed by atoms with Gasteiger partial charge in [-0.2, -0.15) is 0 Å². The number of urea groups is 1. The number of amides is 2. The number of piperazine rings is 1. The van der Waals surface area contributed by atoms with Crippen molar-refractivity contribution in [2.24, 2.45) is 0 Å². The van der Waals surface area contributed by atoms with E-state index in [0.717, 1.165) is 18.8 Å². The van der Waals surface area contributed by atoms with E-state index in [4.69, 9.17) is 11.6 Å². The summed E-state index contributed by atoms with van der Waals surface area (Å²) < 4.78 is 13.6. The third kappa shape index (κ3) is 3.97. The molecule has 2 aromatic rings. The number of carbonyl (C=O) groups excluding carboxylic acids is 1. The fourth-order valence-electron chi connectivity index (χ4n) is 2.76. The zero-order valence-electron chi connectivity index (χ0n) is 13.2. The molecular weight excluding hydrogens is 329 g/mol. The van der Waals surface area contributed by atoms with Crippen molar-refractivity contribution in [2.75, 3.05) is 31.1 Å². The molecule has 24 heavy (non-hydrogen) atoms. The molecule has 0 spiro atoms. The standard InChI is InChI=1S/C18H19ClFN3O/c19-15-5-3-6-16(12-15)22-8-10-23(11-9-22)18(24)21-13-14-4-1-2-7-17(14)20/h1-7,12H,8-11,13H2,(H,21,24). The first-order valence-electron chi connectivity index (χ1n) is 7.90. The van der Waals surface area contributed by atoms with Gasteiger partial charge in [0.05, 0.1) is 0 Å². The lowest BCUT2D eigenvalue weighted by atomic mass is 10.2. The average Bonchev–Trinajstić information content (AvgIpc) is 2.61. The summed E-state index contributed by atoms with van der Waals surface area (Å²) >= 11 is 6.02. The Morgan fingerprint density at radius 2 is 1.83 bits per heavy atom. The second-order valence-electron chi connectivity index (χ2n) is 5.70. The van der Waals surface area contributed by atoms with Crippen molar-refractivity contribution in [3.63, 3.8) is 0 Å². The lowest BCUT2D eigenvalue weighted by Crippen LogP contribution is -2.51. The minimum atomic E-state index is -0.302. The number of rotatable bonds is 3. The van der Waals surface area contributed by atoms with Gasteiger partial charge in [-0.05, 0) is 24.3 Å². The maximum absolute atomic E-state index is 13.6. The van der Waals surface area contributed by atoms with Gasteiger partial charge in [0.25, 0.3) is 0 Å². The quantitative estimate of drug-likeness (QED) is 0.922. The average molecular weight is 348 g/mol. The van der Waals surface area contributed by atoms with Crippen LogP contribution in [0.4, 0.5) is 14.9 Å². The topological polar surface area (TPSA) is 35.6 Å². The minimum absolute atomic E-state index is 0.163. The predicted molar refractivity (Wildman–Crippen MR) is 93.9 cm³/mol. The zero-order valence-corrected chi connectivity index (χ0v) is 14.0. The molecule has 2 aromatic carbocycles. The van der Waals surface area contributed by atoms with Gasteiger partial charge in [0.1, 0.15) is 5.82 Å². The van der Waals surface area contributed by atoms with Crippen molar-refractivity contribution in [3.8, 4) is 0 Å². The number of halogens is 2. The minimum Gasteiger partial charge on any atom is -0.368 e. The first-order chi connectivity index (χ1) is 11.6. The van der Waals surface area contributed by atoms with E-state index in [0.29, 0.717) is 23.7 Å². The summed E-state index contributed by atoms with van der Waals surface area (Å²) in [6, 6.07) is 14.0. The molecule has 0 bridgehead atoms. The summed E-state index contributed by atoms with van der Waals surface area (Å²) in [5.41, 5.74) is 1.55. The van der Waals surface area contributed by atoms with Crippen LogP contribution in [-0.2, 0) is 6.54 Å². The van der Waals surface area contributed by atoms with Gasteiger partial charge in [0.2, 0.25) is 0 Å². The van der Waals surface area contributed by atoms with E-state index in [9.17, 15) is 9.18 Å². The number of anilines is 1. The summed E-state index contributed by atoms with van der Waals surface area (Å²) in [6.45, 7) is 2.92. The van der Waals surface area contributed by atoms with Gasteiger partial charge >= 0.3 is 6.03 Å². The van der Waals surface area contributed by atoms with Crippen LogP contribution in [-0.4, -0.2) is 37.1 Å². The first-order valence-corrected chi connectivity index (χ1v) is 8.28. The molecule has 1 aliphatic rings. The van der Waals surface area contributed by atoms with Gasteiger partial charge in [-0.15, -0.1) is 0 Å². The van der Waals surface area contributed by atoms with Gasteiger partial charge in [-0.25, -0.2) is 9.18 Å². The molecule has 0 aromatic heterocycles. The molecule has 0 unspecified atom stereocenters. The fraction of sp³-hybridized carbons (Fsp3) is 0.278. The maximum Gasteiger partial charge on any atom is 0.317 e. The van der Waals surface area contributed by atoms with E-state index in [2.05, 4.69) is 10.2 Å². The normalized spacial score (nSPS) is 14.6. The van der Waals surface area contributed by atoms with Crippen LogP contribution in [0.25, 0.3) is 0 Å². The molecule has 1 fully saturated rings. The molecule has 1 N–H and O–H groups in total. The summed E-state index contributed by atoms with van der Waals surface area (Å²) in [5, 5.41) is 3.49. The van der Waals surface area contributed by atoms with E-state index < -0.39 is 0 Å². The molecule has 1 aliphatic heterocycles. The molecule has 126 valence electrons. The summed E-state index contributed by atoms with van der Waals surface area (Å²) in [6.07, 6.45) is 0. The second kappa shape index (κ2) is 7.53. The van der Waals surface area contributed by atoms with Gasteiger partial charge in [0.15, 0.2) is 0 Å². The number of hydrogen-bond acceptors (Lipinski definition) is 2. The second-order valence-corrected chi connectivity index (χ2v) is 6.14. The van der Waals surface area contributed by atoms with Gasteiger partial charge in [-0.3, -0.25) is 0 Å². The van der Waals surface area contributed by atoms with Crippen molar-refractivity contribution in [3.05, 3.63) is 64.9 Å². The SMILES string of the molecule is O=C(NCc1ccccc1F)N1CCN(c2cccc(Cl)c2)CC1. The number of hydrogen-bond donors (Lipinski definition) is 1. The molecule has 0 atom stereocenters. The molecule has 4 nitrogen and oxygen atoms in total. The van der Waals surface area contributed by atoms with Crippen molar-refractivity contribution >= 4 is 23.3 Å². The number of nitrogens with one attached hydrogen (secondary N) is 1. The molecule has 6 heteroatoms. The maximum atomic E-state index is 13.6. The summed E-state index contributed by atoms with van der Waals surface area (Å²) in [4.78, 5) is 16.2. The Kier molecular flexibility index (Phi) is 5.20. The highest BCUT2D eigenvalue weighted by atomic mass is 35.5. The molecule has 0 radical (unpaired) electrons. The van der Waals surface area contributed by atoms with E-state index in [1.54, 1.807) is 23.1 Å². The van der Waals surface area contributed by atoms with Crippen molar-refractivity contribution in [1.82, 2.24) is 10.2 Å². The predicted octanol–water partition coefficient (Wildman–Crippen LogP) is 3.51. The number of nitrogens with zero attached hydrogens (tertiary/aromatic N) is 2. The molecule has 1 saturated heterocycles. The van der Waals surface area contributed by atoms with Crippen LogP contribution < -0.4 is 10.2 Å². The molecule has 0 aliphatic carbocycles. The number of benzene rings is 2. The Hall–Kier alpha value is -2.27. The van der Waals surface area contributed by atoms with E-state index >= 15 is 0 Å². The van der Waals surface area contributed by atoms with Crippen LogP contribution in [0.1, 0.15) is 5.56 Å². The van der Waals surface area contributed by atoms with Crippen LogP contribution in [0.3, 0.4) is 0 Å². The lowest BCUT2D eigenvalue weighted by molar-refractivity contribution is 0.194. The first kappa shape index (κ1) is 16.6. The monoisotopic (exact) mass is 347 g/mol. The smallest absolute Gasteiger partial charge is 0.317 e. The van der Waals surface area contributed by atoms with Crippen LogP contribution in [0, 0.1) is 5.82 Å². The third-order valence-electron chi connectivity index (χ3n) is 4.13. The molecule has 0 saturated carbocycles. The molecule has 1 heterocycles. The molecule has 2 amide bonds. The highest BCUT2D eigenvalue weighted by molar-refractivity contribution is 6.30. The Morgan fingerprint density at radius 1 is 1.08 bits per heavy atom. The number of carbonyl (C=O) groups is 1.